The molecule has 0 spiro atoms. The van der Waals surface area contributed by atoms with Crippen molar-refractivity contribution in [2.75, 3.05) is 10.6 Å². The van der Waals surface area contributed by atoms with Crippen LogP contribution >= 0.6 is 0 Å². The van der Waals surface area contributed by atoms with Crippen molar-refractivity contribution in [3.8, 4) is 5.75 Å². The van der Waals surface area contributed by atoms with Gasteiger partial charge in [-0.15, -0.1) is 0 Å². The minimum absolute atomic E-state index is 0.104. The second-order valence-electron chi connectivity index (χ2n) is 10.3. The molecule has 0 radical (unpaired) electrons. The Bertz CT molecular complexity index is 757. The van der Waals surface area contributed by atoms with Gasteiger partial charge in [0.05, 0.1) is 11.4 Å². The standard InChI is InChI=1S/C31H52N2O4/c1-5-8-11-14-17-20-28(34)32-26-23-25(4)24-27(33-29(35)21-18-15-12-9-6-2)31(26)37-30(36)22-19-16-13-10-7-3/h23-24H,5-22H2,1-4H3,(H,32,34)(H,33,35). The molecule has 0 bridgehead atoms. The first-order valence-corrected chi connectivity index (χ1v) is 14.9. The highest BCUT2D eigenvalue weighted by molar-refractivity contribution is 5.98. The maximum atomic E-state index is 12.7. The van der Waals surface area contributed by atoms with E-state index in [1.807, 2.05) is 6.92 Å². The molecule has 0 aromatic heterocycles. The van der Waals surface area contributed by atoms with Gasteiger partial charge in [-0.1, -0.05) is 97.8 Å². The smallest absolute Gasteiger partial charge is 0.311 e. The lowest BCUT2D eigenvalue weighted by Crippen LogP contribution is -2.18. The van der Waals surface area contributed by atoms with Gasteiger partial charge in [-0.2, -0.15) is 0 Å². The average Bonchev–Trinajstić information content (AvgIpc) is 2.85. The zero-order chi connectivity index (χ0) is 27.3. The van der Waals surface area contributed by atoms with Gasteiger partial charge in [0.25, 0.3) is 0 Å². The van der Waals surface area contributed by atoms with Crippen LogP contribution in [-0.2, 0) is 14.4 Å². The highest BCUT2D eigenvalue weighted by Gasteiger charge is 2.19. The van der Waals surface area contributed by atoms with E-state index in [2.05, 4.69) is 31.4 Å². The van der Waals surface area contributed by atoms with E-state index >= 15 is 0 Å². The molecule has 0 aliphatic rings. The minimum atomic E-state index is -0.342. The Morgan fingerprint density at radius 2 is 0.973 bits per heavy atom. The molecule has 1 rings (SSSR count). The third-order valence-electron chi connectivity index (χ3n) is 6.50. The number of nitrogens with one attached hydrogen (secondary N) is 2. The normalized spacial score (nSPS) is 10.8. The van der Waals surface area contributed by atoms with Crippen molar-refractivity contribution in [2.24, 2.45) is 0 Å². The Balaban J connectivity index is 2.92. The third kappa shape index (κ3) is 15.5. The average molecular weight is 517 g/mol. The summed E-state index contributed by atoms with van der Waals surface area (Å²) in [5, 5.41) is 5.89. The SMILES string of the molecule is CCCCCCCC(=O)Nc1cc(C)cc(NC(=O)CCCCCCC)c1OC(=O)CCCCCCC. The Kier molecular flexibility index (Phi) is 18.2. The Morgan fingerprint density at radius 1 is 0.595 bits per heavy atom. The predicted molar refractivity (Wildman–Crippen MR) is 154 cm³/mol. The number of aryl methyl sites for hydroxylation is 1. The molecule has 0 saturated heterocycles. The maximum Gasteiger partial charge on any atom is 0.311 e. The van der Waals surface area contributed by atoms with Crippen molar-refractivity contribution in [3.63, 3.8) is 0 Å². The molecule has 2 amide bonds. The summed E-state index contributed by atoms with van der Waals surface area (Å²) in [5.74, 6) is -0.312. The number of anilines is 2. The molecule has 0 heterocycles. The number of hydrogen-bond acceptors (Lipinski definition) is 4. The number of benzene rings is 1. The molecule has 6 heteroatoms. The van der Waals surface area contributed by atoms with Crippen molar-refractivity contribution in [1.82, 2.24) is 0 Å². The van der Waals surface area contributed by atoms with E-state index in [-0.39, 0.29) is 23.5 Å². The number of unbranched alkanes of at least 4 members (excludes halogenated alkanes) is 12. The summed E-state index contributed by atoms with van der Waals surface area (Å²) in [4.78, 5) is 38.1. The lowest BCUT2D eigenvalue weighted by atomic mass is 10.1. The number of carbonyl (C=O) groups is 3. The second-order valence-corrected chi connectivity index (χ2v) is 10.3. The van der Waals surface area contributed by atoms with Crippen LogP contribution < -0.4 is 15.4 Å². The lowest BCUT2D eigenvalue weighted by molar-refractivity contribution is -0.134. The number of amides is 2. The summed E-state index contributed by atoms with van der Waals surface area (Å²) < 4.78 is 5.79. The van der Waals surface area contributed by atoms with Crippen molar-refractivity contribution in [2.45, 2.75) is 143 Å². The topological polar surface area (TPSA) is 84.5 Å². The molecule has 0 unspecified atom stereocenters. The van der Waals surface area contributed by atoms with Gasteiger partial charge in [0.2, 0.25) is 11.8 Å². The van der Waals surface area contributed by atoms with E-state index in [4.69, 9.17) is 4.74 Å². The monoisotopic (exact) mass is 516 g/mol. The molecular formula is C31H52N2O4. The number of esters is 1. The van der Waals surface area contributed by atoms with Crippen LogP contribution in [0.5, 0.6) is 5.75 Å². The minimum Gasteiger partial charge on any atom is -0.422 e. The highest BCUT2D eigenvalue weighted by atomic mass is 16.5. The molecule has 1 aromatic carbocycles. The lowest BCUT2D eigenvalue weighted by Gasteiger charge is -2.17. The molecule has 6 nitrogen and oxygen atoms in total. The molecule has 210 valence electrons. The van der Waals surface area contributed by atoms with Crippen LogP contribution in [0.4, 0.5) is 11.4 Å². The van der Waals surface area contributed by atoms with Gasteiger partial charge in [-0.25, -0.2) is 0 Å². The predicted octanol–water partition coefficient (Wildman–Crippen LogP) is 8.86. The molecule has 37 heavy (non-hydrogen) atoms. The van der Waals surface area contributed by atoms with E-state index in [0.29, 0.717) is 30.6 Å². The Morgan fingerprint density at radius 3 is 1.38 bits per heavy atom. The van der Waals surface area contributed by atoms with Gasteiger partial charge in [-0.05, 0) is 43.9 Å². The largest absolute Gasteiger partial charge is 0.422 e. The second kappa shape index (κ2) is 20.7. The molecule has 0 atom stereocenters. The fraction of sp³-hybridized carbons (Fsp3) is 0.710. The summed E-state index contributed by atoms with van der Waals surface area (Å²) in [7, 11) is 0. The van der Waals surface area contributed by atoms with Gasteiger partial charge in [0.15, 0.2) is 5.75 Å². The van der Waals surface area contributed by atoms with E-state index in [1.54, 1.807) is 12.1 Å². The number of rotatable bonds is 21. The van der Waals surface area contributed by atoms with E-state index in [0.717, 1.165) is 89.0 Å². The zero-order valence-electron chi connectivity index (χ0n) is 24.0. The maximum absolute atomic E-state index is 12.7. The molecule has 0 fully saturated rings. The number of hydrogen-bond donors (Lipinski definition) is 2. The number of carbonyl (C=O) groups excluding carboxylic acids is 3. The first-order chi connectivity index (χ1) is 17.9. The molecule has 1 aromatic rings. The summed E-state index contributed by atoms with van der Waals surface area (Å²) in [6.45, 7) is 8.40. The first-order valence-electron chi connectivity index (χ1n) is 14.9. The van der Waals surface area contributed by atoms with Crippen molar-refractivity contribution in [1.29, 1.82) is 0 Å². The van der Waals surface area contributed by atoms with Crippen LogP contribution in [0, 0.1) is 6.92 Å². The third-order valence-corrected chi connectivity index (χ3v) is 6.50. The van der Waals surface area contributed by atoms with Crippen molar-refractivity contribution in [3.05, 3.63) is 17.7 Å². The van der Waals surface area contributed by atoms with Gasteiger partial charge in [0.1, 0.15) is 0 Å². The summed E-state index contributed by atoms with van der Waals surface area (Å²) >= 11 is 0. The summed E-state index contributed by atoms with van der Waals surface area (Å²) in [5.41, 5.74) is 1.75. The van der Waals surface area contributed by atoms with Crippen LogP contribution in [0.2, 0.25) is 0 Å². The fourth-order valence-electron chi connectivity index (χ4n) is 4.31. The van der Waals surface area contributed by atoms with E-state index in [9.17, 15) is 14.4 Å². The van der Waals surface area contributed by atoms with Gasteiger partial charge < -0.3 is 15.4 Å². The Labute approximate surface area is 225 Å². The first kappa shape index (κ1) is 32.7. The summed E-state index contributed by atoms with van der Waals surface area (Å²) in [6, 6.07) is 3.61. The molecule has 0 aliphatic heterocycles. The van der Waals surface area contributed by atoms with Crippen LogP contribution in [-0.4, -0.2) is 17.8 Å². The van der Waals surface area contributed by atoms with Crippen molar-refractivity contribution >= 4 is 29.2 Å². The van der Waals surface area contributed by atoms with Crippen LogP contribution in [0.15, 0.2) is 12.1 Å². The molecular weight excluding hydrogens is 464 g/mol. The highest BCUT2D eigenvalue weighted by Crippen LogP contribution is 2.36. The molecule has 2 N–H and O–H groups in total. The Hall–Kier alpha value is -2.37. The van der Waals surface area contributed by atoms with E-state index in [1.165, 1.54) is 12.8 Å². The van der Waals surface area contributed by atoms with Gasteiger partial charge in [-0.3, -0.25) is 14.4 Å². The van der Waals surface area contributed by atoms with Crippen molar-refractivity contribution < 1.29 is 19.1 Å². The molecule has 0 aliphatic carbocycles. The number of ether oxygens (including phenoxy) is 1. The van der Waals surface area contributed by atoms with E-state index < -0.39 is 0 Å². The van der Waals surface area contributed by atoms with Gasteiger partial charge in [0, 0.05) is 19.3 Å². The zero-order valence-corrected chi connectivity index (χ0v) is 24.0. The summed E-state index contributed by atoms with van der Waals surface area (Å²) in [6.07, 6.45) is 17.0. The van der Waals surface area contributed by atoms with Crippen LogP contribution in [0.1, 0.15) is 142 Å². The fourth-order valence-corrected chi connectivity index (χ4v) is 4.31. The van der Waals surface area contributed by atoms with Crippen LogP contribution in [0.3, 0.4) is 0 Å². The van der Waals surface area contributed by atoms with Crippen LogP contribution in [0.25, 0.3) is 0 Å². The molecule has 0 saturated carbocycles. The quantitative estimate of drug-likeness (QED) is 0.0970. The van der Waals surface area contributed by atoms with Gasteiger partial charge >= 0.3 is 5.97 Å².